The highest BCUT2D eigenvalue weighted by Gasteiger charge is 2.21. The van der Waals surface area contributed by atoms with Crippen molar-refractivity contribution in [1.82, 2.24) is 24.9 Å². The number of hydrogen-bond acceptors (Lipinski definition) is 8. The van der Waals surface area contributed by atoms with E-state index in [4.69, 9.17) is 4.74 Å². The van der Waals surface area contributed by atoms with E-state index in [0.717, 1.165) is 51.5 Å². The van der Waals surface area contributed by atoms with E-state index < -0.39 is 10.0 Å². The van der Waals surface area contributed by atoms with Crippen LogP contribution in [0.2, 0.25) is 0 Å². The summed E-state index contributed by atoms with van der Waals surface area (Å²) in [5.41, 5.74) is 0.430. The fourth-order valence-electron chi connectivity index (χ4n) is 3.93. The van der Waals surface area contributed by atoms with Gasteiger partial charge in [-0.15, -0.1) is 0 Å². The minimum absolute atomic E-state index is 0.0699. The summed E-state index contributed by atoms with van der Waals surface area (Å²) in [7, 11) is -3.63. The Bertz CT molecular complexity index is 1000. The third-order valence-corrected chi connectivity index (χ3v) is 7.31. The van der Waals surface area contributed by atoms with Gasteiger partial charge in [-0.05, 0) is 43.2 Å². The maximum Gasteiger partial charge on any atom is 0.251 e. The van der Waals surface area contributed by atoms with Gasteiger partial charge in [-0.2, -0.15) is 0 Å². The summed E-state index contributed by atoms with van der Waals surface area (Å²) in [6.07, 6.45) is 5.23. The molecule has 1 atom stereocenters. The lowest BCUT2D eigenvalue weighted by Crippen LogP contribution is -2.49. The first-order valence-corrected chi connectivity index (χ1v) is 12.7. The molecule has 0 bridgehead atoms. The van der Waals surface area contributed by atoms with Gasteiger partial charge < -0.3 is 15.0 Å². The maximum atomic E-state index is 12.4. The highest BCUT2D eigenvalue weighted by molar-refractivity contribution is 7.89. The molecule has 33 heavy (non-hydrogen) atoms. The molecule has 10 nitrogen and oxygen atoms in total. The van der Waals surface area contributed by atoms with Gasteiger partial charge in [0, 0.05) is 70.4 Å². The molecule has 0 aliphatic carbocycles. The summed E-state index contributed by atoms with van der Waals surface area (Å²) >= 11 is 0. The van der Waals surface area contributed by atoms with Crippen LogP contribution in [0.4, 0.5) is 5.95 Å². The number of aromatic nitrogens is 2. The van der Waals surface area contributed by atoms with Crippen LogP contribution in [0, 0.1) is 0 Å². The average molecular weight is 475 g/mol. The van der Waals surface area contributed by atoms with Gasteiger partial charge in [0.2, 0.25) is 16.0 Å². The Kier molecular flexibility index (Phi) is 7.86. The third-order valence-electron chi connectivity index (χ3n) is 5.87. The quantitative estimate of drug-likeness (QED) is 0.539. The van der Waals surface area contributed by atoms with Crippen LogP contribution in [-0.4, -0.2) is 87.7 Å². The molecule has 2 saturated heterocycles. The lowest BCUT2D eigenvalue weighted by atomic mass is 10.2. The zero-order valence-corrected chi connectivity index (χ0v) is 19.3. The molecular formula is C22H30N6O4S. The molecule has 1 amide bonds. The molecule has 1 unspecified atom stereocenters. The zero-order chi connectivity index (χ0) is 23.1. The van der Waals surface area contributed by atoms with E-state index in [0.29, 0.717) is 18.7 Å². The predicted molar refractivity (Wildman–Crippen MR) is 124 cm³/mol. The Balaban J connectivity index is 1.19. The molecule has 11 heteroatoms. The number of amides is 1. The van der Waals surface area contributed by atoms with Crippen LogP contribution < -0.4 is 14.9 Å². The second-order valence-corrected chi connectivity index (χ2v) is 9.91. The first-order valence-electron chi connectivity index (χ1n) is 11.3. The number of carbonyl (C=O) groups is 1. The number of carbonyl (C=O) groups excluding carboxylic acids is 1. The van der Waals surface area contributed by atoms with Gasteiger partial charge in [-0.25, -0.2) is 23.1 Å². The SMILES string of the molecule is O=C(NCCN1CCN(c2ncccn2)CC1)c1ccc(S(=O)(=O)NCC2CCCO2)cc1. The molecule has 4 rings (SSSR count). The summed E-state index contributed by atoms with van der Waals surface area (Å²) < 4.78 is 32.9. The number of hydrogen-bond donors (Lipinski definition) is 2. The molecule has 2 aromatic rings. The van der Waals surface area contributed by atoms with Crippen molar-refractivity contribution in [3.05, 3.63) is 48.3 Å². The Morgan fingerprint density at radius 3 is 2.48 bits per heavy atom. The van der Waals surface area contributed by atoms with Crippen molar-refractivity contribution in [3.8, 4) is 0 Å². The number of anilines is 1. The van der Waals surface area contributed by atoms with Gasteiger partial charge >= 0.3 is 0 Å². The van der Waals surface area contributed by atoms with E-state index in [1.165, 1.54) is 24.3 Å². The summed E-state index contributed by atoms with van der Waals surface area (Å²) in [5, 5.41) is 2.91. The molecule has 0 saturated carbocycles. The highest BCUT2D eigenvalue weighted by Crippen LogP contribution is 2.14. The normalized spacial score (nSPS) is 19.5. The van der Waals surface area contributed by atoms with E-state index >= 15 is 0 Å². The molecule has 2 aliphatic heterocycles. The largest absolute Gasteiger partial charge is 0.377 e. The van der Waals surface area contributed by atoms with Gasteiger partial charge in [-0.1, -0.05) is 0 Å². The van der Waals surface area contributed by atoms with Crippen molar-refractivity contribution < 1.29 is 17.9 Å². The standard InChI is InChI=1S/C22H30N6O4S/c29-21(23-10-11-27-12-14-28(15-13-27)22-24-8-2-9-25-22)18-4-6-20(7-5-18)33(30,31)26-17-19-3-1-16-32-19/h2,4-9,19,26H,1,3,10-17H2,(H,23,29). The highest BCUT2D eigenvalue weighted by atomic mass is 32.2. The molecule has 2 N–H and O–H groups in total. The second-order valence-electron chi connectivity index (χ2n) is 8.14. The van der Waals surface area contributed by atoms with Crippen LogP contribution in [0.5, 0.6) is 0 Å². The van der Waals surface area contributed by atoms with Gasteiger partial charge in [0.1, 0.15) is 0 Å². The van der Waals surface area contributed by atoms with Crippen molar-refractivity contribution in [2.45, 2.75) is 23.8 Å². The fraction of sp³-hybridized carbons (Fsp3) is 0.500. The Hall–Kier alpha value is -2.60. The van der Waals surface area contributed by atoms with E-state index in [2.05, 4.69) is 29.8 Å². The van der Waals surface area contributed by atoms with Crippen molar-refractivity contribution in [2.75, 3.05) is 57.3 Å². The molecule has 2 aliphatic rings. The summed E-state index contributed by atoms with van der Waals surface area (Å²) in [5.74, 6) is 0.528. The van der Waals surface area contributed by atoms with Crippen LogP contribution in [0.1, 0.15) is 23.2 Å². The lowest BCUT2D eigenvalue weighted by Gasteiger charge is -2.34. The van der Waals surface area contributed by atoms with Crippen molar-refractivity contribution in [2.24, 2.45) is 0 Å². The van der Waals surface area contributed by atoms with Crippen molar-refractivity contribution in [1.29, 1.82) is 0 Å². The zero-order valence-electron chi connectivity index (χ0n) is 18.5. The maximum absolute atomic E-state index is 12.4. The van der Waals surface area contributed by atoms with Gasteiger partial charge in [-0.3, -0.25) is 9.69 Å². The van der Waals surface area contributed by atoms with Gasteiger partial charge in [0.15, 0.2) is 0 Å². The van der Waals surface area contributed by atoms with Crippen LogP contribution in [0.15, 0.2) is 47.6 Å². The van der Waals surface area contributed by atoms with Gasteiger partial charge in [0.25, 0.3) is 5.91 Å². The lowest BCUT2D eigenvalue weighted by molar-refractivity contribution is 0.0947. The molecule has 3 heterocycles. The number of ether oxygens (including phenoxy) is 1. The minimum Gasteiger partial charge on any atom is -0.377 e. The Morgan fingerprint density at radius 1 is 1.09 bits per heavy atom. The van der Waals surface area contributed by atoms with E-state index in [9.17, 15) is 13.2 Å². The molecule has 2 fully saturated rings. The summed E-state index contributed by atoms with van der Waals surface area (Å²) in [6, 6.07) is 7.79. The fourth-order valence-corrected chi connectivity index (χ4v) is 5.00. The second kappa shape index (κ2) is 11.0. The van der Waals surface area contributed by atoms with Crippen LogP contribution in [0.3, 0.4) is 0 Å². The summed E-state index contributed by atoms with van der Waals surface area (Å²) in [6.45, 7) is 5.63. The molecule has 1 aromatic heterocycles. The van der Waals surface area contributed by atoms with E-state index in [1.54, 1.807) is 18.5 Å². The van der Waals surface area contributed by atoms with E-state index in [1.807, 2.05) is 0 Å². The number of piperazine rings is 1. The first-order chi connectivity index (χ1) is 16.0. The average Bonchev–Trinajstić information content (AvgIpc) is 3.38. The monoisotopic (exact) mass is 474 g/mol. The number of sulfonamides is 1. The minimum atomic E-state index is -3.63. The third kappa shape index (κ3) is 6.47. The smallest absolute Gasteiger partial charge is 0.251 e. The molecule has 0 radical (unpaired) electrons. The van der Waals surface area contributed by atoms with Crippen LogP contribution >= 0.6 is 0 Å². The van der Waals surface area contributed by atoms with Crippen LogP contribution in [0.25, 0.3) is 0 Å². The number of nitrogens with zero attached hydrogens (tertiary/aromatic N) is 4. The first kappa shape index (κ1) is 23.6. The Labute approximate surface area is 194 Å². The Morgan fingerprint density at radius 2 is 1.82 bits per heavy atom. The molecular weight excluding hydrogens is 444 g/mol. The number of nitrogens with one attached hydrogen (secondary N) is 2. The van der Waals surface area contributed by atoms with Crippen LogP contribution in [-0.2, 0) is 14.8 Å². The van der Waals surface area contributed by atoms with Crippen molar-refractivity contribution in [3.63, 3.8) is 0 Å². The van der Waals surface area contributed by atoms with Crippen molar-refractivity contribution >= 4 is 21.9 Å². The number of rotatable bonds is 9. The topological polar surface area (TPSA) is 117 Å². The molecule has 1 aromatic carbocycles. The summed E-state index contributed by atoms with van der Waals surface area (Å²) in [4.78, 5) is 25.6. The van der Waals surface area contributed by atoms with Gasteiger partial charge in [0.05, 0.1) is 11.0 Å². The number of benzene rings is 1. The molecule has 178 valence electrons. The predicted octanol–water partition coefficient (Wildman–Crippen LogP) is 0.486. The molecule has 0 spiro atoms. The van der Waals surface area contributed by atoms with E-state index in [-0.39, 0.29) is 23.5 Å².